The van der Waals surface area contributed by atoms with E-state index in [4.69, 9.17) is 15.8 Å². The van der Waals surface area contributed by atoms with Gasteiger partial charge < -0.3 is 5.32 Å². The number of anilines is 1. The van der Waals surface area contributed by atoms with Crippen molar-refractivity contribution in [2.24, 2.45) is 0 Å². The number of hydrogen-bond acceptors (Lipinski definition) is 4. The largest absolute Gasteiger partial charge is 0.418 e. The SMILES string of the molecule is N#CC(C#N)=C(C#N)Nc1c(F)cc(Br)cc1C(F)(F)F. The summed E-state index contributed by atoms with van der Waals surface area (Å²) in [6.07, 6.45) is -4.90. The Morgan fingerprint density at radius 3 is 2.10 bits per heavy atom. The maximum Gasteiger partial charge on any atom is 0.418 e. The lowest BCUT2D eigenvalue weighted by Gasteiger charge is -2.15. The first-order valence-electron chi connectivity index (χ1n) is 5.02. The minimum atomic E-state index is -4.90. The zero-order valence-electron chi connectivity index (χ0n) is 9.89. The van der Waals surface area contributed by atoms with Gasteiger partial charge in [-0.2, -0.15) is 29.0 Å². The van der Waals surface area contributed by atoms with E-state index in [2.05, 4.69) is 15.9 Å². The molecule has 9 heteroatoms. The lowest BCUT2D eigenvalue weighted by Crippen LogP contribution is -2.13. The molecule has 1 N–H and O–H groups in total. The van der Waals surface area contributed by atoms with E-state index in [1.54, 1.807) is 0 Å². The van der Waals surface area contributed by atoms with Gasteiger partial charge in [0, 0.05) is 4.47 Å². The van der Waals surface area contributed by atoms with Crippen LogP contribution in [0.25, 0.3) is 0 Å². The summed E-state index contributed by atoms with van der Waals surface area (Å²) in [5.41, 5.74) is -3.94. The van der Waals surface area contributed by atoms with Gasteiger partial charge in [0.25, 0.3) is 0 Å². The van der Waals surface area contributed by atoms with Crippen molar-refractivity contribution in [3.63, 3.8) is 0 Å². The topological polar surface area (TPSA) is 83.4 Å². The summed E-state index contributed by atoms with van der Waals surface area (Å²) in [5, 5.41) is 27.8. The van der Waals surface area contributed by atoms with Crippen molar-refractivity contribution in [2.45, 2.75) is 6.18 Å². The molecule has 21 heavy (non-hydrogen) atoms. The Balaban J connectivity index is 3.54. The molecule has 4 nitrogen and oxygen atoms in total. The van der Waals surface area contributed by atoms with Crippen molar-refractivity contribution in [2.75, 3.05) is 5.32 Å². The Hall–Kier alpha value is -2.57. The third-order valence-electron chi connectivity index (χ3n) is 2.20. The highest BCUT2D eigenvalue weighted by Crippen LogP contribution is 2.38. The molecule has 0 aliphatic rings. The van der Waals surface area contributed by atoms with Crippen LogP contribution >= 0.6 is 15.9 Å². The minimum absolute atomic E-state index is 0.152. The van der Waals surface area contributed by atoms with Crippen molar-refractivity contribution in [3.05, 3.63) is 39.3 Å². The summed E-state index contributed by atoms with van der Waals surface area (Å²) in [5.74, 6) is -1.29. The maximum atomic E-state index is 13.7. The van der Waals surface area contributed by atoms with Crippen LogP contribution in [0.15, 0.2) is 27.9 Å². The van der Waals surface area contributed by atoms with Gasteiger partial charge in [-0.3, -0.25) is 0 Å². The van der Waals surface area contributed by atoms with Gasteiger partial charge >= 0.3 is 6.18 Å². The summed E-state index contributed by atoms with van der Waals surface area (Å²) < 4.78 is 52.2. The van der Waals surface area contributed by atoms with E-state index in [1.807, 2.05) is 5.32 Å². The second-order valence-electron chi connectivity index (χ2n) is 3.52. The molecule has 106 valence electrons. The van der Waals surface area contributed by atoms with Crippen LogP contribution in [0.1, 0.15) is 5.56 Å². The monoisotopic (exact) mass is 358 g/mol. The molecule has 1 rings (SSSR count). The molecule has 0 saturated heterocycles. The van der Waals surface area contributed by atoms with Crippen LogP contribution in [0, 0.1) is 39.8 Å². The highest BCUT2D eigenvalue weighted by atomic mass is 79.9. The van der Waals surface area contributed by atoms with E-state index in [9.17, 15) is 17.6 Å². The highest BCUT2D eigenvalue weighted by molar-refractivity contribution is 9.10. The Bertz CT molecular complexity index is 716. The summed E-state index contributed by atoms with van der Waals surface area (Å²) in [6, 6.07) is 5.38. The van der Waals surface area contributed by atoms with Crippen LogP contribution in [0.4, 0.5) is 23.2 Å². The normalized spacial score (nSPS) is 10.0. The first kappa shape index (κ1) is 16.5. The van der Waals surface area contributed by atoms with E-state index in [0.29, 0.717) is 6.07 Å². The molecular weight excluding hydrogens is 356 g/mol. The van der Waals surface area contributed by atoms with Crippen molar-refractivity contribution < 1.29 is 17.6 Å². The number of rotatable bonds is 2. The average molecular weight is 359 g/mol. The van der Waals surface area contributed by atoms with E-state index in [0.717, 1.165) is 6.07 Å². The predicted molar refractivity (Wildman–Crippen MR) is 66.6 cm³/mol. The van der Waals surface area contributed by atoms with E-state index >= 15 is 0 Å². The second kappa shape index (κ2) is 6.25. The van der Waals surface area contributed by atoms with Crippen LogP contribution in [0.5, 0.6) is 0 Å². The Kier molecular flexibility index (Phi) is 4.91. The zero-order valence-corrected chi connectivity index (χ0v) is 11.5. The number of nitrogens with zero attached hydrogens (tertiary/aromatic N) is 3. The molecule has 1 aromatic rings. The number of allylic oxidation sites excluding steroid dienone is 2. The third-order valence-corrected chi connectivity index (χ3v) is 2.65. The molecule has 0 radical (unpaired) electrons. The summed E-state index contributed by atoms with van der Waals surface area (Å²) >= 11 is 2.73. The smallest absolute Gasteiger partial charge is 0.342 e. The fraction of sp³-hybridized carbons (Fsp3) is 0.0833. The molecule has 0 bridgehead atoms. The summed E-state index contributed by atoms with van der Waals surface area (Å²) in [7, 11) is 0. The van der Waals surface area contributed by atoms with Gasteiger partial charge in [-0.1, -0.05) is 15.9 Å². The van der Waals surface area contributed by atoms with Gasteiger partial charge in [-0.15, -0.1) is 0 Å². The molecule has 0 saturated carbocycles. The predicted octanol–water partition coefficient (Wildman–Crippen LogP) is 3.84. The molecule has 0 aliphatic heterocycles. The van der Waals surface area contributed by atoms with Crippen LogP contribution in [0.3, 0.4) is 0 Å². The standard InChI is InChI=1S/C12H3BrF4N4/c13-7-1-8(12(15,16)17)11(9(14)2-7)21-10(5-20)6(3-18)4-19/h1-2,21H. The number of alkyl halides is 3. The fourth-order valence-corrected chi connectivity index (χ4v) is 1.76. The summed E-state index contributed by atoms with van der Waals surface area (Å²) in [6.45, 7) is 0. The van der Waals surface area contributed by atoms with Gasteiger partial charge in [0.15, 0.2) is 5.57 Å². The van der Waals surface area contributed by atoms with E-state index in [-0.39, 0.29) is 4.47 Å². The molecule has 0 aromatic heterocycles. The van der Waals surface area contributed by atoms with E-state index < -0.39 is 34.5 Å². The van der Waals surface area contributed by atoms with Gasteiger partial charge in [0.2, 0.25) is 0 Å². The van der Waals surface area contributed by atoms with Crippen molar-refractivity contribution in [1.29, 1.82) is 15.8 Å². The number of hydrogen-bond donors (Lipinski definition) is 1. The molecule has 0 fully saturated rings. The van der Waals surface area contributed by atoms with Gasteiger partial charge in [0.05, 0.1) is 11.3 Å². The Morgan fingerprint density at radius 1 is 1.10 bits per heavy atom. The third kappa shape index (κ3) is 3.71. The number of halogens is 5. The number of nitrogens with one attached hydrogen (secondary N) is 1. The molecule has 0 spiro atoms. The van der Waals surface area contributed by atoms with Crippen LogP contribution in [-0.2, 0) is 6.18 Å². The van der Waals surface area contributed by atoms with Gasteiger partial charge in [-0.05, 0) is 12.1 Å². The molecule has 0 unspecified atom stereocenters. The number of benzene rings is 1. The highest BCUT2D eigenvalue weighted by Gasteiger charge is 2.35. The van der Waals surface area contributed by atoms with Gasteiger partial charge in [-0.25, -0.2) is 4.39 Å². The Morgan fingerprint density at radius 2 is 1.67 bits per heavy atom. The Labute approximate surface area is 124 Å². The fourth-order valence-electron chi connectivity index (χ4n) is 1.33. The molecule has 0 heterocycles. The van der Waals surface area contributed by atoms with Crippen LogP contribution < -0.4 is 5.32 Å². The molecular formula is C12H3BrF4N4. The molecule has 0 atom stereocenters. The minimum Gasteiger partial charge on any atom is -0.342 e. The average Bonchev–Trinajstić information content (AvgIpc) is 2.39. The molecule has 0 aliphatic carbocycles. The lowest BCUT2D eigenvalue weighted by molar-refractivity contribution is -0.137. The second-order valence-corrected chi connectivity index (χ2v) is 4.43. The molecule has 0 amide bonds. The quantitative estimate of drug-likeness (QED) is 0.642. The van der Waals surface area contributed by atoms with Crippen molar-refractivity contribution >= 4 is 21.6 Å². The number of nitriles is 3. The van der Waals surface area contributed by atoms with Crippen LogP contribution in [-0.4, -0.2) is 0 Å². The van der Waals surface area contributed by atoms with Crippen molar-refractivity contribution in [3.8, 4) is 18.2 Å². The van der Waals surface area contributed by atoms with Gasteiger partial charge in [0.1, 0.15) is 29.7 Å². The molecule has 1 aromatic carbocycles. The van der Waals surface area contributed by atoms with E-state index in [1.165, 1.54) is 18.2 Å². The first-order valence-corrected chi connectivity index (χ1v) is 5.81. The van der Waals surface area contributed by atoms with Crippen molar-refractivity contribution in [1.82, 2.24) is 0 Å². The zero-order chi connectivity index (χ0) is 16.2. The summed E-state index contributed by atoms with van der Waals surface area (Å²) in [4.78, 5) is 0. The first-order chi connectivity index (χ1) is 9.74. The lowest BCUT2D eigenvalue weighted by atomic mass is 10.1. The maximum absolute atomic E-state index is 13.7. The van der Waals surface area contributed by atoms with Crippen LogP contribution in [0.2, 0.25) is 0 Å².